The van der Waals surface area contributed by atoms with Gasteiger partial charge in [0.1, 0.15) is 0 Å². The second-order valence-corrected chi connectivity index (χ2v) is 4.94. The summed E-state index contributed by atoms with van der Waals surface area (Å²) in [4.78, 5) is 11.8. The Bertz CT molecular complexity index is 842. The monoisotopic (exact) mass is 285 g/mol. The summed E-state index contributed by atoms with van der Waals surface area (Å²) in [7, 11) is 0. The molecule has 0 spiro atoms. The number of nitrogen functional groups attached to an aromatic ring is 1. The van der Waals surface area contributed by atoms with E-state index in [2.05, 4.69) is 5.10 Å². The Hall–Kier alpha value is -2.33. The summed E-state index contributed by atoms with van der Waals surface area (Å²) in [6.07, 6.45) is 1.32. The van der Waals surface area contributed by atoms with Crippen molar-refractivity contribution in [2.75, 3.05) is 5.73 Å². The SMILES string of the molecule is Nc1ccc(Cl)c(Cn2ncc(=O)c3ccccc32)c1. The van der Waals surface area contributed by atoms with Crippen LogP contribution in [0.5, 0.6) is 0 Å². The predicted molar refractivity (Wildman–Crippen MR) is 81.0 cm³/mol. The van der Waals surface area contributed by atoms with E-state index in [1.807, 2.05) is 24.3 Å². The summed E-state index contributed by atoms with van der Waals surface area (Å²) in [6.45, 7) is 0.463. The van der Waals surface area contributed by atoms with Crippen molar-refractivity contribution in [3.8, 4) is 0 Å². The molecule has 2 aromatic carbocycles. The normalized spacial score (nSPS) is 10.8. The molecule has 1 heterocycles. The number of benzene rings is 2. The maximum Gasteiger partial charge on any atom is 0.207 e. The van der Waals surface area contributed by atoms with Crippen LogP contribution in [0.15, 0.2) is 53.5 Å². The van der Waals surface area contributed by atoms with Gasteiger partial charge in [-0.2, -0.15) is 5.10 Å². The Morgan fingerprint density at radius 1 is 1.20 bits per heavy atom. The second kappa shape index (κ2) is 4.98. The fraction of sp³-hybridized carbons (Fsp3) is 0.0667. The molecule has 0 bridgehead atoms. The lowest BCUT2D eigenvalue weighted by Crippen LogP contribution is -2.13. The Morgan fingerprint density at radius 3 is 2.85 bits per heavy atom. The molecular weight excluding hydrogens is 274 g/mol. The summed E-state index contributed by atoms with van der Waals surface area (Å²) < 4.78 is 1.75. The van der Waals surface area contributed by atoms with Gasteiger partial charge in [-0.05, 0) is 35.9 Å². The van der Waals surface area contributed by atoms with E-state index in [1.54, 1.807) is 22.9 Å². The largest absolute Gasteiger partial charge is 0.399 e. The van der Waals surface area contributed by atoms with Gasteiger partial charge < -0.3 is 5.73 Å². The standard InChI is InChI=1S/C15H12ClN3O/c16-13-6-5-11(17)7-10(13)9-19-14-4-2-1-3-12(14)15(20)8-18-19/h1-8H,9,17H2. The molecule has 0 aliphatic carbocycles. The zero-order chi connectivity index (χ0) is 14.1. The topological polar surface area (TPSA) is 60.9 Å². The molecular formula is C15H12ClN3O. The van der Waals surface area contributed by atoms with Gasteiger partial charge in [-0.15, -0.1) is 0 Å². The number of aromatic nitrogens is 2. The maximum absolute atomic E-state index is 11.8. The van der Waals surface area contributed by atoms with E-state index < -0.39 is 0 Å². The Balaban J connectivity index is 2.14. The summed E-state index contributed by atoms with van der Waals surface area (Å²) in [5, 5.41) is 5.45. The fourth-order valence-corrected chi connectivity index (χ4v) is 2.34. The van der Waals surface area contributed by atoms with Gasteiger partial charge in [0.05, 0.1) is 18.3 Å². The van der Waals surface area contributed by atoms with Crippen LogP contribution in [0.3, 0.4) is 0 Å². The number of fused-ring (bicyclic) bond motifs is 1. The first kappa shape index (κ1) is 12.7. The summed E-state index contributed by atoms with van der Waals surface area (Å²) >= 11 is 6.17. The van der Waals surface area contributed by atoms with Crippen LogP contribution in [0.1, 0.15) is 5.56 Å². The molecule has 4 nitrogen and oxygen atoms in total. The lowest BCUT2D eigenvalue weighted by molar-refractivity contribution is 0.695. The summed E-state index contributed by atoms with van der Waals surface area (Å²) in [6, 6.07) is 12.7. The number of hydrogen-bond acceptors (Lipinski definition) is 3. The Morgan fingerprint density at radius 2 is 2.00 bits per heavy atom. The first-order chi connectivity index (χ1) is 9.65. The zero-order valence-corrected chi connectivity index (χ0v) is 11.3. The van der Waals surface area contributed by atoms with Gasteiger partial charge in [-0.1, -0.05) is 23.7 Å². The van der Waals surface area contributed by atoms with E-state index in [4.69, 9.17) is 17.3 Å². The molecule has 0 saturated heterocycles. The third-order valence-corrected chi connectivity index (χ3v) is 3.52. The quantitative estimate of drug-likeness (QED) is 0.737. The highest BCUT2D eigenvalue weighted by molar-refractivity contribution is 6.31. The highest BCUT2D eigenvalue weighted by atomic mass is 35.5. The van der Waals surface area contributed by atoms with Crippen LogP contribution in [0.4, 0.5) is 5.69 Å². The first-order valence-corrected chi connectivity index (χ1v) is 6.52. The highest BCUT2D eigenvalue weighted by Gasteiger charge is 2.06. The number of halogens is 1. The van der Waals surface area contributed by atoms with E-state index in [1.165, 1.54) is 6.20 Å². The third-order valence-electron chi connectivity index (χ3n) is 3.15. The van der Waals surface area contributed by atoms with E-state index in [0.29, 0.717) is 22.6 Å². The number of nitrogens with two attached hydrogens (primary N) is 1. The minimum atomic E-state index is -0.0875. The van der Waals surface area contributed by atoms with Crippen LogP contribution >= 0.6 is 11.6 Å². The van der Waals surface area contributed by atoms with Crippen molar-refractivity contribution in [2.45, 2.75) is 6.54 Å². The number of rotatable bonds is 2. The molecule has 0 saturated carbocycles. The number of nitrogens with zero attached hydrogens (tertiary/aromatic N) is 2. The highest BCUT2D eigenvalue weighted by Crippen LogP contribution is 2.20. The van der Waals surface area contributed by atoms with Crippen molar-refractivity contribution < 1.29 is 0 Å². The lowest BCUT2D eigenvalue weighted by Gasteiger charge is -2.11. The van der Waals surface area contributed by atoms with Crippen molar-refractivity contribution in [1.29, 1.82) is 0 Å². The van der Waals surface area contributed by atoms with Gasteiger partial charge >= 0.3 is 0 Å². The van der Waals surface area contributed by atoms with E-state index in [-0.39, 0.29) is 5.43 Å². The molecule has 0 unspecified atom stereocenters. The van der Waals surface area contributed by atoms with Crippen LogP contribution in [0.2, 0.25) is 5.02 Å². The molecule has 0 fully saturated rings. The van der Waals surface area contributed by atoms with Crippen molar-refractivity contribution in [1.82, 2.24) is 9.78 Å². The average Bonchev–Trinajstić information content (AvgIpc) is 2.46. The Kier molecular flexibility index (Phi) is 3.16. The maximum atomic E-state index is 11.8. The molecule has 0 aliphatic rings. The molecule has 0 atom stereocenters. The van der Waals surface area contributed by atoms with E-state index in [9.17, 15) is 4.79 Å². The van der Waals surface area contributed by atoms with Crippen molar-refractivity contribution in [3.63, 3.8) is 0 Å². The number of anilines is 1. The van der Waals surface area contributed by atoms with Gasteiger partial charge in [-0.3, -0.25) is 9.48 Å². The van der Waals surface area contributed by atoms with Gasteiger partial charge in [-0.25, -0.2) is 0 Å². The van der Waals surface area contributed by atoms with Crippen LogP contribution in [0, 0.1) is 0 Å². The molecule has 3 rings (SSSR count). The van der Waals surface area contributed by atoms with Crippen molar-refractivity contribution >= 4 is 28.2 Å². The van der Waals surface area contributed by atoms with Crippen molar-refractivity contribution in [2.24, 2.45) is 0 Å². The smallest absolute Gasteiger partial charge is 0.207 e. The van der Waals surface area contributed by atoms with Gasteiger partial charge in [0.2, 0.25) is 5.43 Å². The number of para-hydroxylation sites is 1. The molecule has 5 heteroatoms. The molecule has 1 aromatic heterocycles. The molecule has 100 valence electrons. The third kappa shape index (κ3) is 2.26. The molecule has 0 amide bonds. The Labute approximate surface area is 120 Å². The molecule has 20 heavy (non-hydrogen) atoms. The number of hydrogen-bond donors (Lipinski definition) is 1. The average molecular weight is 286 g/mol. The minimum absolute atomic E-state index is 0.0875. The minimum Gasteiger partial charge on any atom is -0.399 e. The summed E-state index contributed by atoms with van der Waals surface area (Å²) in [5.41, 5.74) is 7.98. The van der Waals surface area contributed by atoms with Gasteiger partial charge in [0.15, 0.2) is 0 Å². The second-order valence-electron chi connectivity index (χ2n) is 4.53. The molecule has 3 aromatic rings. The van der Waals surface area contributed by atoms with E-state index >= 15 is 0 Å². The van der Waals surface area contributed by atoms with Crippen LogP contribution in [0.25, 0.3) is 10.9 Å². The molecule has 2 N–H and O–H groups in total. The van der Waals surface area contributed by atoms with Crippen LogP contribution < -0.4 is 11.2 Å². The molecule has 0 aliphatic heterocycles. The van der Waals surface area contributed by atoms with Crippen molar-refractivity contribution in [3.05, 3.63) is 69.5 Å². The first-order valence-electron chi connectivity index (χ1n) is 6.14. The van der Waals surface area contributed by atoms with Gasteiger partial charge in [0, 0.05) is 16.1 Å². The van der Waals surface area contributed by atoms with Gasteiger partial charge in [0.25, 0.3) is 0 Å². The lowest BCUT2D eigenvalue weighted by atomic mass is 10.2. The summed E-state index contributed by atoms with van der Waals surface area (Å²) in [5.74, 6) is 0. The van der Waals surface area contributed by atoms with Crippen LogP contribution in [-0.4, -0.2) is 9.78 Å². The van der Waals surface area contributed by atoms with E-state index in [0.717, 1.165) is 11.1 Å². The van der Waals surface area contributed by atoms with Crippen LogP contribution in [-0.2, 0) is 6.54 Å². The fourth-order valence-electron chi connectivity index (χ4n) is 2.16. The molecule has 0 radical (unpaired) electrons. The zero-order valence-electron chi connectivity index (χ0n) is 10.6. The predicted octanol–water partition coefficient (Wildman–Crippen LogP) is 2.68.